The van der Waals surface area contributed by atoms with Gasteiger partial charge in [-0.3, -0.25) is 10.1 Å². The number of carbonyl (C=O) groups excluding carboxylic acids is 1. The van der Waals surface area contributed by atoms with Crippen molar-refractivity contribution in [2.75, 3.05) is 5.32 Å². The third kappa shape index (κ3) is 4.21. The first kappa shape index (κ1) is 20.1. The van der Waals surface area contributed by atoms with E-state index in [4.69, 9.17) is 33.3 Å². The molecule has 0 spiro atoms. The fraction of sp³-hybridized carbons (Fsp3) is 0.0435. The summed E-state index contributed by atoms with van der Waals surface area (Å²) in [6.45, 7) is -0.159. The van der Waals surface area contributed by atoms with Crippen LogP contribution in [0.5, 0.6) is 0 Å². The number of halogens is 1. The Balaban J connectivity index is 1.50. The zero-order valence-electron chi connectivity index (χ0n) is 15.7. The van der Waals surface area contributed by atoms with Crippen molar-refractivity contribution in [3.63, 3.8) is 0 Å². The van der Waals surface area contributed by atoms with Crippen LogP contribution in [0.1, 0.15) is 16.1 Å². The van der Waals surface area contributed by atoms with Crippen LogP contribution in [0.3, 0.4) is 0 Å². The van der Waals surface area contributed by atoms with Crippen LogP contribution in [0.15, 0.2) is 77.2 Å². The van der Waals surface area contributed by atoms with Crippen molar-refractivity contribution in [2.45, 2.75) is 6.61 Å². The van der Waals surface area contributed by atoms with Crippen LogP contribution in [0, 0.1) is 0 Å². The highest BCUT2D eigenvalue weighted by Gasteiger charge is 2.13. The Hall–Kier alpha value is -3.19. The number of fused-ring (bicyclic) bond motifs is 1. The molecule has 0 saturated heterocycles. The van der Waals surface area contributed by atoms with E-state index in [1.54, 1.807) is 36.4 Å². The number of aliphatic hydroxyl groups is 1. The SMILES string of the molecule is O=C(NC(=S)Nc1cccc(-c2ccc(CO)o2)c1)c1cccc2c(Cl)cccc12. The molecule has 0 bridgehead atoms. The predicted molar refractivity (Wildman–Crippen MR) is 123 cm³/mol. The zero-order valence-corrected chi connectivity index (χ0v) is 17.3. The molecule has 0 radical (unpaired) electrons. The van der Waals surface area contributed by atoms with Gasteiger partial charge >= 0.3 is 0 Å². The third-order valence-corrected chi connectivity index (χ3v) is 5.10. The Morgan fingerprint density at radius 2 is 1.77 bits per heavy atom. The lowest BCUT2D eigenvalue weighted by molar-refractivity contribution is 0.0979. The molecule has 0 unspecified atom stereocenters. The van der Waals surface area contributed by atoms with Crippen LogP contribution < -0.4 is 10.6 Å². The first-order valence-electron chi connectivity index (χ1n) is 9.15. The highest BCUT2D eigenvalue weighted by Crippen LogP contribution is 2.27. The van der Waals surface area contributed by atoms with E-state index in [0.717, 1.165) is 16.3 Å². The monoisotopic (exact) mass is 436 g/mol. The first-order chi connectivity index (χ1) is 14.5. The molecule has 4 aromatic rings. The number of amides is 1. The average Bonchev–Trinajstić information content (AvgIpc) is 3.23. The first-order valence-corrected chi connectivity index (χ1v) is 9.93. The van der Waals surface area contributed by atoms with Crippen LogP contribution in [-0.2, 0) is 6.61 Å². The topological polar surface area (TPSA) is 74.5 Å². The van der Waals surface area contributed by atoms with Crippen LogP contribution in [0.25, 0.3) is 22.1 Å². The van der Waals surface area contributed by atoms with E-state index < -0.39 is 0 Å². The summed E-state index contributed by atoms with van der Waals surface area (Å²) >= 11 is 11.5. The van der Waals surface area contributed by atoms with Crippen LogP contribution >= 0.6 is 23.8 Å². The molecule has 0 aliphatic rings. The van der Waals surface area contributed by atoms with E-state index in [2.05, 4.69) is 10.6 Å². The van der Waals surface area contributed by atoms with Crippen LogP contribution in [0.4, 0.5) is 5.69 Å². The lowest BCUT2D eigenvalue weighted by atomic mass is 10.0. The number of benzene rings is 3. The van der Waals surface area contributed by atoms with E-state index in [1.165, 1.54) is 0 Å². The molecule has 0 aliphatic carbocycles. The van der Waals surface area contributed by atoms with Gasteiger partial charge in [0.2, 0.25) is 0 Å². The molecule has 0 aliphatic heterocycles. The maximum atomic E-state index is 12.8. The Morgan fingerprint density at radius 3 is 2.57 bits per heavy atom. The Bertz CT molecular complexity index is 1250. The Labute approximate surface area is 183 Å². The molecule has 1 heterocycles. The fourth-order valence-electron chi connectivity index (χ4n) is 3.17. The summed E-state index contributed by atoms with van der Waals surface area (Å²) in [5.41, 5.74) is 2.00. The van der Waals surface area contributed by atoms with Gasteiger partial charge in [0, 0.05) is 27.2 Å². The summed E-state index contributed by atoms with van der Waals surface area (Å²) in [6.07, 6.45) is 0. The molecule has 1 aromatic heterocycles. The lowest BCUT2D eigenvalue weighted by Gasteiger charge is -2.12. The van der Waals surface area contributed by atoms with Gasteiger partial charge in [-0.1, -0.05) is 48.0 Å². The van der Waals surface area contributed by atoms with Crippen molar-refractivity contribution < 1.29 is 14.3 Å². The number of carbonyl (C=O) groups is 1. The summed E-state index contributed by atoms with van der Waals surface area (Å²) in [7, 11) is 0. The van der Waals surface area contributed by atoms with E-state index in [-0.39, 0.29) is 17.6 Å². The predicted octanol–water partition coefficient (Wildman–Crippen LogP) is 5.37. The molecule has 5 nitrogen and oxygen atoms in total. The summed E-state index contributed by atoms with van der Waals surface area (Å²) in [5.74, 6) is 0.793. The molecule has 3 N–H and O–H groups in total. The maximum Gasteiger partial charge on any atom is 0.258 e. The summed E-state index contributed by atoms with van der Waals surface area (Å²) in [4.78, 5) is 12.8. The van der Waals surface area contributed by atoms with E-state index >= 15 is 0 Å². The van der Waals surface area contributed by atoms with Crippen molar-refractivity contribution in [3.05, 3.63) is 89.1 Å². The second-order valence-electron chi connectivity index (χ2n) is 6.55. The lowest BCUT2D eigenvalue weighted by Crippen LogP contribution is -2.34. The minimum atomic E-state index is -0.324. The van der Waals surface area contributed by atoms with Crippen LogP contribution in [-0.4, -0.2) is 16.1 Å². The number of thiocarbonyl (C=S) groups is 1. The van der Waals surface area contributed by atoms with Crippen molar-refractivity contribution in [1.29, 1.82) is 0 Å². The summed E-state index contributed by atoms with van der Waals surface area (Å²) in [6, 6.07) is 21.7. The minimum absolute atomic E-state index is 0.159. The molecule has 150 valence electrons. The van der Waals surface area contributed by atoms with E-state index in [1.807, 2.05) is 36.4 Å². The standard InChI is InChI=1S/C23H17ClN2O3S/c24-20-9-3-6-17-18(20)7-2-8-19(17)22(28)26-23(30)25-15-5-1-4-14(12-15)21-11-10-16(13-27)29-21/h1-12,27H,13H2,(H2,25,26,28,30). The molecular formula is C23H17ClN2O3S. The number of nitrogens with one attached hydrogen (secondary N) is 2. The highest BCUT2D eigenvalue weighted by molar-refractivity contribution is 7.80. The Kier molecular flexibility index (Phi) is 5.81. The molecule has 4 rings (SSSR count). The van der Waals surface area contributed by atoms with Gasteiger partial charge in [0.1, 0.15) is 18.1 Å². The summed E-state index contributed by atoms with van der Waals surface area (Å²) < 4.78 is 5.56. The van der Waals surface area contributed by atoms with Gasteiger partial charge in [-0.25, -0.2) is 0 Å². The van der Waals surface area contributed by atoms with Crippen molar-refractivity contribution in [2.24, 2.45) is 0 Å². The number of furan rings is 1. The molecule has 30 heavy (non-hydrogen) atoms. The van der Waals surface area contributed by atoms with Crippen molar-refractivity contribution in [1.82, 2.24) is 5.32 Å². The average molecular weight is 437 g/mol. The van der Waals surface area contributed by atoms with Crippen molar-refractivity contribution >= 4 is 51.3 Å². The number of aliphatic hydroxyl groups excluding tert-OH is 1. The second kappa shape index (κ2) is 8.67. The zero-order chi connectivity index (χ0) is 21.1. The van der Waals surface area contributed by atoms with Gasteiger partial charge in [-0.2, -0.15) is 0 Å². The Morgan fingerprint density at radius 1 is 1.00 bits per heavy atom. The molecule has 1 amide bonds. The smallest absolute Gasteiger partial charge is 0.258 e. The number of hydrogen-bond acceptors (Lipinski definition) is 4. The molecule has 0 saturated carbocycles. The van der Waals surface area contributed by atoms with Gasteiger partial charge in [0.05, 0.1) is 0 Å². The number of hydrogen-bond donors (Lipinski definition) is 3. The largest absolute Gasteiger partial charge is 0.459 e. The normalized spacial score (nSPS) is 10.7. The van der Waals surface area contributed by atoms with E-state index in [9.17, 15) is 4.79 Å². The van der Waals surface area contributed by atoms with Gasteiger partial charge in [0.25, 0.3) is 5.91 Å². The van der Waals surface area contributed by atoms with Crippen LogP contribution in [0.2, 0.25) is 5.02 Å². The fourth-order valence-corrected chi connectivity index (χ4v) is 3.62. The van der Waals surface area contributed by atoms with Gasteiger partial charge < -0.3 is 14.8 Å². The quantitative estimate of drug-likeness (QED) is 0.375. The summed E-state index contributed by atoms with van der Waals surface area (Å²) in [5, 5.41) is 17.2. The molecule has 0 atom stereocenters. The molecule has 7 heteroatoms. The van der Waals surface area contributed by atoms with Gasteiger partial charge in [-0.05, 0) is 54.0 Å². The van der Waals surface area contributed by atoms with Crippen molar-refractivity contribution in [3.8, 4) is 11.3 Å². The minimum Gasteiger partial charge on any atom is -0.459 e. The molecular weight excluding hydrogens is 420 g/mol. The van der Waals surface area contributed by atoms with Gasteiger partial charge in [0.15, 0.2) is 5.11 Å². The number of anilines is 1. The second-order valence-corrected chi connectivity index (χ2v) is 7.37. The third-order valence-electron chi connectivity index (χ3n) is 4.56. The molecule has 0 fully saturated rings. The highest BCUT2D eigenvalue weighted by atomic mass is 35.5. The maximum absolute atomic E-state index is 12.8. The van der Waals surface area contributed by atoms with E-state index in [0.29, 0.717) is 27.8 Å². The van der Waals surface area contributed by atoms with Gasteiger partial charge in [-0.15, -0.1) is 0 Å². The molecule has 3 aromatic carbocycles. The number of rotatable bonds is 4.